The third-order valence-corrected chi connectivity index (χ3v) is 4.89. The normalized spacial score (nSPS) is 17.2. The topological polar surface area (TPSA) is 132 Å². The Morgan fingerprint density at radius 1 is 1.17 bits per heavy atom. The molecule has 2 amide bonds. The Labute approximate surface area is 164 Å². The maximum Gasteiger partial charge on any atom is 0.346 e. The van der Waals surface area contributed by atoms with E-state index in [1.807, 2.05) is 0 Å². The lowest BCUT2D eigenvalue weighted by molar-refractivity contribution is -0.132. The molecular formula is C21H13N3O5. The van der Waals surface area contributed by atoms with Gasteiger partial charge in [0.1, 0.15) is 22.9 Å². The zero-order chi connectivity index (χ0) is 20.7. The van der Waals surface area contributed by atoms with Crippen molar-refractivity contribution < 1.29 is 24.6 Å². The first-order chi connectivity index (χ1) is 13.9. The Balaban J connectivity index is 1.66. The molecule has 1 aliphatic carbocycles. The largest absolute Gasteiger partial charge is 0.506 e. The van der Waals surface area contributed by atoms with E-state index in [0.717, 1.165) is 4.90 Å². The van der Waals surface area contributed by atoms with E-state index in [4.69, 9.17) is 10.4 Å². The third kappa shape index (κ3) is 2.85. The summed E-state index contributed by atoms with van der Waals surface area (Å²) < 4.78 is 0. The predicted octanol–water partition coefficient (Wildman–Crippen LogP) is 2.33. The van der Waals surface area contributed by atoms with E-state index >= 15 is 0 Å². The van der Waals surface area contributed by atoms with Crippen LogP contribution < -0.4 is 0 Å². The SMILES string of the molecule is N#CC(C(=O)O)=C1C=CC(CN2C(=O)c3ccnc4c(O)ccc(c34)C2=O)=CC1. The number of phenols is 1. The second-order valence-corrected chi connectivity index (χ2v) is 6.54. The summed E-state index contributed by atoms with van der Waals surface area (Å²) in [5.41, 5.74) is 1.42. The summed E-state index contributed by atoms with van der Waals surface area (Å²) in [6, 6.07) is 6.00. The number of aromatic hydroxyl groups is 1. The van der Waals surface area contributed by atoms with Crippen LogP contribution in [0.4, 0.5) is 0 Å². The van der Waals surface area contributed by atoms with Crippen LogP contribution in [0.1, 0.15) is 27.1 Å². The summed E-state index contributed by atoms with van der Waals surface area (Å²) in [4.78, 5) is 42.1. The highest BCUT2D eigenvalue weighted by Gasteiger charge is 2.34. The Kier molecular flexibility index (Phi) is 4.20. The molecule has 2 aromatic rings. The molecule has 1 aromatic carbocycles. The molecule has 0 unspecified atom stereocenters. The van der Waals surface area contributed by atoms with Gasteiger partial charge in [-0.15, -0.1) is 0 Å². The van der Waals surface area contributed by atoms with Crippen molar-refractivity contribution >= 4 is 28.7 Å². The van der Waals surface area contributed by atoms with E-state index in [1.54, 1.807) is 18.2 Å². The highest BCUT2D eigenvalue weighted by Crippen LogP contribution is 2.34. The highest BCUT2D eigenvalue weighted by atomic mass is 16.4. The van der Waals surface area contributed by atoms with Crippen LogP contribution >= 0.6 is 0 Å². The molecule has 29 heavy (non-hydrogen) atoms. The molecule has 0 bridgehead atoms. The number of allylic oxidation sites excluding steroid dienone is 3. The van der Waals surface area contributed by atoms with E-state index in [9.17, 15) is 19.5 Å². The maximum atomic E-state index is 12.9. The quantitative estimate of drug-likeness (QED) is 0.469. The van der Waals surface area contributed by atoms with Crippen LogP contribution in [0.5, 0.6) is 5.75 Å². The zero-order valence-corrected chi connectivity index (χ0v) is 14.9. The van der Waals surface area contributed by atoms with Crippen molar-refractivity contribution in [3.05, 3.63) is 70.5 Å². The minimum absolute atomic E-state index is 0.000533. The lowest BCUT2D eigenvalue weighted by atomic mass is 9.94. The number of rotatable bonds is 3. The first kappa shape index (κ1) is 18.1. The average molecular weight is 387 g/mol. The first-order valence-electron chi connectivity index (χ1n) is 8.63. The number of aromatic nitrogens is 1. The van der Waals surface area contributed by atoms with E-state index in [0.29, 0.717) is 16.5 Å². The Morgan fingerprint density at radius 2 is 1.90 bits per heavy atom. The van der Waals surface area contributed by atoms with Gasteiger partial charge < -0.3 is 10.2 Å². The van der Waals surface area contributed by atoms with Crippen molar-refractivity contribution in [1.82, 2.24) is 9.88 Å². The number of hydrogen-bond acceptors (Lipinski definition) is 6. The Bertz CT molecular complexity index is 1220. The number of nitrogens with zero attached hydrogens (tertiary/aromatic N) is 3. The van der Waals surface area contributed by atoms with Gasteiger partial charge in [-0.25, -0.2) is 4.79 Å². The third-order valence-electron chi connectivity index (χ3n) is 4.89. The summed E-state index contributed by atoms with van der Waals surface area (Å²) in [5.74, 6) is -2.41. The molecule has 8 nitrogen and oxygen atoms in total. The summed E-state index contributed by atoms with van der Waals surface area (Å²) in [6.07, 6.45) is 6.40. The molecule has 2 aliphatic rings. The van der Waals surface area contributed by atoms with Crippen molar-refractivity contribution in [1.29, 1.82) is 5.26 Å². The van der Waals surface area contributed by atoms with Crippen molar-refractivity contribution in [2.24, 2.45) is 0 Å². The molecule has 142 valence electrons. The number of pyridine rings is 1. The molecule has 0 saturated carbocycles. The van der Waals surface area contributed by atoms with Crippen LogP contribution in [-0.2, 0) is 4.79 Å². The van der Waals surface area contributed by atoms with Crippen LogP contribution in [0.3, 0.4) is 0 Å². The lowest BCUT2D eigenvalue weighted by Crippen LogP contribution is -2.41. The van der Waals surface area contributed by atoms with Gasteiger partial charge in [0.05, 0.1) is 17.7 Å². The van der Waals surface area contributed by atoms with Crippen LogP contribution in [0.15, 0.2) is 59.3 Å². The number of nitriles is 1. The van der Waals surface area contributed by atoms with Crippen molar-refractivity contribution in [2.45, 2.75) is 6.42 Å². The van der Waals surface area contributed by atoms with Gasteiger partial charge in [-0.3, -0.25) is 19.5 Å². The van der Waals surface area contributed by atoms with Gasteiger partial charge in [-0.05, 0) is 35.8 Å². The molecule has 0 radical (unpaired) electrons. The van der Waals surface area contributed by atoms with Crippen molar-refractivity contribution in [3.8, 4) is 11.8 Å². The molecule has 8 heteroatoms. The maximum absolute atomic E-state index is 12.9. The van der Waals surface area contributed by atoms with Gasteiger partial charge in [0.15, 0.2) is 0 Å². The van der Waals surface area contributed by atoms with Crippen molar-refractivity contribution in [3.63, 3.8) is 0 Å². The van der Waals surface area contributed by atoms with Crippen LogP contribution in [-0.4, -0.2) is 44.4 Å². The van der Waals surface area contributed by atoms with Crippen LogP contribution in [0.2, 0.25) is 0 Å². The predicted molar refractivity (Wildman–Crippen MR) is 101 cm³/mol. The summed E-state index contributed by atoms with van der Waals surface area (Å²) in [6.45, 7) is 0.000533. The van der Waals surface area contributed by atoms with E-state index in [-0.39, 0.29) is 40.9 Å². The number of carbonyl (C=O) groups is 3. The lowest BCUT2D eigenvalue weighted by Gasteiger charge is -2.28. The number of amides is 2. The average Bonchev–Trinajstić information content (AvgIpc) is 2.71. The van der Waals surface area contributed by atoms with Gasteiger partial charge in [0.25, 0.3) is 11.8 Å². The molecular weight excluding hydrogens is 374 g/mol. The molecule has 0 saturated heterocycles. The first-order valence-corrected chi connectivity index (χ1v) is 8.63. The summed E-state index contributed by atoms with van der Waals surface area (Å²) in [5, 5.41) is 28.3. The van der Waals surface area contributed by atoms with E-state index < -0.39 is 17.8 Å². The summed E-state index contributed by atoms with van der Waals surface area (Å²) in [7, 11) is 0. The number of carboxylic acids is 1. The molecule has 2 heterocycles. The van der Waals surface area contributed by atoms with Gasteiger partial charge >= 0.3 is 5.97 Å². The van der Waals surface area contributed by atoms with Gasteiger partial charge in [0.2, 0.25) is 0 Å². The Morgan fingerprint density at radius 3 is 2.52 bits per heavy atom. The molecule has 1 aliphatic heterocycles. The fourth-order valence-electron chi connectivity index (χ4n) is 3.46. The van der Waals surface area contributed by atoms with E-state index in [1.165, 1.54) is 30.5 Å². The van der Waals surface area contributed by atoms with Crippen LogP contribution in [0, 0.1) is 11.3 Å². The number of hydrogen-bond donors (Lipinski definition) is 2. The zero-order valence-electron chi connectivity index (χ0n) is 14.9. The van der Waals surface area contributed by atoms with Crippen LogP contribution in [0.25, 0.3) is 10.9 Å². The number of imide groups is 1. The van der Waals surface area contributed by atoms with Gasteiger partial charge in [-0.2, -0.15) is 5.26 Å². The second-order valence-electron chi connectivity index (χ2n) is 6.54. The van der Waals surface area contributed by atoms with Crippen molar-refractivity contribution in [2.75, 3.05) is 6.54 Å². The molecule has 0 atom stereocenters. The fraction of sp³-hybridized carbons (Fsp3) is 0.0952. The van der Waals surface area contributed by atoms with E-state index in [2.05, 4.69) is 4.98 Å². The smallest absolute Gasteiger partial charge is 0.346 e. The highest BCUT2D eigenvalue weighted by molar-refractivity contribution is 6.25. The fourth-order valence-corrected chi connectivity index (χ4v) is 3.46. The standard InChI is InChI=1S/C21H13N3O5/c22-9-15(21(28)29)12-3-1-11(2-4-12)10-24-19(26)13-5-6-16(25)18-17(13)14(20(24)27)7-8-23-18/h1-3,5-8,25H,4,10H2,(H,28,29). The van der Waals surface area contributed by atoms with Gasteiger partial charge in [-0.1, -0.05) is 18.2 Å². The molecule has 0 spiro atoms. The number of aliphatic carboxylic acids is 1. The monoisotopic (exact) mass is 387 g/mol. The van der Waals surface area contributed by atoms with Gasteiger partial charge in [0, 0.05) is 11.6 Å². The summed E-state index contributed by atoms with van der Waals surface area (Å²) >= 11 is 0. The molecule has 1 aromatic heterocycles. The minimum Gasteiger partial charge on any atom is -0.506 e. The molecule has 4 rings (SSSR count). The number of benzene rings is 1. The number of carbonyl (C=O) groups excluding carboxylic acids is 2. The molecule has 2 N–H and O–H groups in total. The minimum atomic E-state index is -1.30. The molecule has 0 fully saturated rings. The number of phenolic OH excluding ortho intramolecular Hbond substituents is 1. The second kappa shape index (κ2) is 6.73. The number of carboxylic acid groups (broad SMARTS) is 1. The Hall–Kier alpha value is -4.25.